The minimum absolute atomic E-state index is 0.354. The molecule has 0 aliphatic rings. The second-order valence-corrected chi connectivity index (χ2v) is 4.05. The van der Waals surface area contributed by atoms with Crippen LogP contribution in [0.5, 0.6) is 0 Å². The van der Waals surface area contributed by atoms with Crippen LogP contribution in [0.3, 0.4) is 0 Å². The smallest absolute Gasteiger partial charge is 0.0431 e. The Kier molecular flexibility index (Phi) is 5.57. The van der Waals surface area contributed by atoms with E-state index in [0.29, 0.717) is 12.0 Å². The van der Waals surface area contributed by atoms with Crippen molar-refractivity contribution in [3.63, 3.8) is 0 Å². The maximum Gasteiger partial charge on any atom is 0.0431 e. The van der Waals surface area contributed by atoms with Crippen molar-refractivity contribution in [1.29, 1.82) is 0 Å². The van der Waals surface area contributed by atoms with Gasteiger partial charge in [-0.05, 0) is 18.3 Å². The Hall–Kier alpha value is -0.0400. The lowest BCUT2D eigenvalue weighted by atomic mass is 9.84. The first-order valence-electron chi connectivity index (χ1n) is 4.73. The molecule has 0 unspecified atom stereocenters. The van der Waals surface area contributed by atoms with E-state index in [9.17, 15) is 0 Å². The van der Waals surface area contributed by atoms with Gasteiger partial charge in [-0.2, -0.15) is 0 Å². The normalized spacial score (nSPS) is 12.0. The summed E-state index contributed by atoms with van der Waals surface area (Å²) < 4.78 is 0. The summed E-state index contributed by atoms with van der Waals surface area (Å²) in [5.74, 6) is 0. The summed E-state index contributed by atoms with van der Waals surface area (Å²) in [7, 11) is 0. The average molecular weight is 158 g/mol. The van der Waals surface area contributed by atoms with Gasteiger partial charge < -0.3 is 5.11 Å². The average Bonchev–Trinajstić information content (AvgIpc) is 1.99. The van der Waals surface area contributed by atoms with Gasteiger partial charge >= 0.3 is 0 Å². The molecule has 0 bridgehead atoms. The highest BCUT2D eigenvalue weighted by molar-refractivity contribution is 4.65. The lowest BCUT2D eigenvalue weighted by Gasteiger charge is -2.21. The molecular weight excluding hydrogens is 136 g/mol. The molecule has 0 fully saturated rings. The van der Waals surface area contributed by atoms with Gasteiger partial charge in [-0.15, -0.1) is 0 Å². The topological polar surface area (TPSA) is 20.2 Å². The van der Waals surface area contributed by atoms with Gasteiger partial charge in [-0.3, -0.25) is 0 Å². The second-order valence-electron chi connectivity index (χ2n) is 4.05. The molecule has 68 valence electrons. The summed E-state index contributed by atoms with van der Waals surface area (Å²) in [5.41, 5.74) is 0.509. The molecule has 0 atom stereocenters. The van der Waals surface area contributed by atoms with Gasteiger partial charge in [0, 0.05) is 6.61 Å². The Morgan fingerprint density at radius 3 is 2.18 bits per heavy atom. The molecule has 0 amide bonds. The van der Waals surface area contributed by atoms with Crippen molar-refractivity contribution >= 4 is 0 Å². The van der Waals surface area contributed by atoms with E-state index in [1.165, 1.54) is 25.7 Å². The van der Waals surface area contributed by atoms with E-state index in [0.717, 1.165) is 6.42 Å². The summed E-state index contributed by atoms with van der Waals surface area (Å²) in [6.45, 7) is 7.22. The zero-order chi connectivity index (χ0) is 8.74. The highest BCUT2D eigenvalue weighted by Crippen LogP contribution is 2.26. The van der Waals surface area contributed by atoms with Crippen molar-refractivity contribution in [1.82, 2.24) is 0 Å². The molecular formula is C10H22O. The van der Waals surface area contributed by atoms with Crippen LogP contribution < -0.4 is 0 Å². The predicted octanol–water partition coefficient (Wildman–Crippen LogP) is 2.98. The quantitative estimate of drug-likeness (QED) is 0.589. The largest absolute Gasteiger partial charge is 0.396 e. The van der Waals surface area contributed by atoms with Gasteiger partial charge in [0.2, 0.25) is 0 Å². The lowest BCUT2D eigenvalue weighted by Crippen LogP contribution is -2.08. The number of aliphatic hydroxyl groups is 1. The molecule has 1 N–H and O–H groups in total. The lowest BCUT2D eigenvalue weighted by molar-refractivity contribution is 0.267. The van der Waals surface area contributed by atoms with Crippen LogP contribution in [-0.2, 0) is 0 Å². The van der Waals surface area contributed by atoms with Crippen LogP contribution in [0.4, 0.5) is 0 Å². The van der Waals surface area contributed by atoms with Crippen LogP contribution in [0.25, 0.3) is 0 Å². The molecule has 0 aromatic heterocycles. The van der Waals surface area contributed by atoms with E-state index in [1.807, 2.05) is 0 Å². The molecule has 0 aliphatic carbocycles. The number of hydrogen-bond acceptors (Lipinski definition) is 1. The van der Waals surface area contributed by atoms with Crippen LogP contribution in [0.2, 0.25) is 0 Å². The Morgan fingerprint density at radius 2 is 1.73 bits per heavy atom. The third kappa shape index (κ3) is 6.36. The first-order valence-corrected chi connectivity index (χ1v) is 4.73. The van der Waals surface area contributed by atoms with Crippen molar-refractivity contribution in [2.75, 3.05) is 6.61 Å². The number of aliphatic hydroxyl groups excluding tert-OH is 1. The Bertz CT molecular complexity index is 86.9. The van der Waals surface area contributed by atoms with E-state index in [4.69, 9.17) is 5.11 Å². The molecule has 0 saturated carbocycles. The zero-order valence-corrected chi connectivity index (χ0v) is 8.19. The summed E-state index contributed by atoms with van der Waals surface area (Å²) in [5, 5.41) is 8.55. The van der Waals surface area contributed by atoms with E-state index < -0.39 is 0 Å². The summed E-state index contributed by atoms with van der Waals surface area (Å²) >= 11 is 0. The van der Waals surface area contributed by atoms with Gasteiger partial charge in [-0.1, -0.05) is 40.0 Å². The monoisotopic (exact) mass is 158 g/mol. The zero-order valence-electron chi connectivity index (χ0n) is 8.19. The molecule has 0 rings (SSSR count). The molecule has 11 heavy (non-hydrogen) atoms. The molecule has 0 radical (unpaired) electrons. The third-order valence-electron chi connectivity index (χ3n) is 2.47. The first kappa shape index (κ1) is 11.0. The standard InChI is InChI=1S/C10H22O/c1-4-10(2,3)8-6-5-7-9-11/h11H,4-9H2,1-3H3. The van der Waals surface area contributed by atoms with Crippen LogP contribution in [0.15, 0.2) is 0 Å². The summed E-state index contributed by atoms with van der Waals surface area (Å²) in [6.07, 6.45) is 5.97. The molecule has 1 nitrogen and oxygen atoms in total. The minimum Gasteiger partial charge on any atom is -0.396 e. The number of rotatable bonds is 6. The first-order chi connectivity index (χ1) is 5.12. The predicted molar refractivity (Wildman–Crippen MR) is 49.6 cm³/mol. The fourth-order valence-electron chi connectivity index (χ4n) is 1.07. The van der Waals surface area contributed by atoms with Gasteiger partial charge in [-0.25, -0.2) is 0 Å². The van der Waals surface area contributed by atoms with Crippen molar-refractivity contribution in [3.05, 3.63) is 0 Å². The molecule has 0 spiro atoms. The van der Waals surface area contributed by atoms with E-state index >= 15 is 0 Å². The maximum absolute atomic E-state index is 8.55. The number of hydrogen-bond donors (Lipinski definition) is 1. The fourth-order valence-corrected chi connectivity index (χ4v) is 1.07. The molecule has 0 aromatic carbocycles. The van der Waals surface area contributed by atoms with Crippen molar-refractivity contribution < 1.29 is 5.11 Å². The number of unbranched alkanes of at least 4 members (excludes halogenated alkanes) is 2. The SMILES string of the molecule is CCC(C)(C)CCCCCO. The van der Waals surface area contributed by atoms with Gasteiger partial charge in [0.15, 0.2) is 0 Å². The second kappa shape index (κ2) is 5.59. The molecule has 0 heterocycles. The van der Waals surface area contributed by atoms with Crippen LogP contribution in [0, 0.1) is 5.41 Å². The van der Waals surface area contributed by atoms with E-state index in [1.54, 1.807) is 0 Å². The molecule has 0 aliphatic heterocycles. The van der Waals surface area contributed by atoms with Crippen LogP contribution >= 0.6 is 0 Å². The Labute approximate surface area is 70.8 Å². The minimum atomic E-state index is 0.354. The Morgan fingerprint density at radius 1 is 1.09 bits per heavy atom. The fraction of sp³-hybridized carbons (Fsp3) is 1.00. The summed E-state index contributed by atoms with van der Waals surface area (Å²) in [4.78, 5) is 0. The highest BCUT2D eigenvalue weighted by Gasteiger charge is 2.13. The van der Waals surface area contributed by atoms with Crippen molar-refractivity contribution in [2.24, 2.45) is 5.41 Å². The highest BCUT2D eigenvalue weighted by atomic mass is 16.2. The molecule has 1 heteroatoms. The summed E-state index contributed by atoms with van der Waals surface area (Å²) in [6, 6.07) is 0. The Balaban J connectivity index is 3.23. The van der Waals surface area contributed by atoms with Crippen molar-refractivity contribution in [3.8, 4) is 0 Å². The third-order valence-corrected chi connectivity index (χ3v) is 2.47. The van der Waals surface area contributed by atoms with Crippen molar-refractivity contribution in [2.45, 2.75) is 52.9 Å². The van der Waals surface area contributed by atoms with Gasteiger partial charge in [0.05, 0.1) is 0 Å². The maximum atomic E-state index is 8.55. The molecule has 0 saturated heterocycles. The molecule has 0 aromatic rings. The van der Waals surface area contributed by atoms with Crippen LogP contribution in [-0.4, -0.2) is 11.7 Å². The van der Waals surface area contributed by atoms with Gasteiger partial charge in [0.1, 0.15) is 0 Å². The van der Waals surface area contributed by atoms with E-state index in [-0.39, 0.29) is 0 Å². The van der Waals surface area contributed by atoms with Gasteiger partial charge in [0.25, 0.3) is 0 Å². The van der Waals surface area contributed by atoms with E-state index in [2.05, 4.69) is 20.8 Å². The van der Waals surface area contributed by atoms with Crippen LogP contribution in [0.1, 0.15) is 52.9 Å².